The molecule has 0 radical (unpaired) electrons. The molecule has 6 heteroatoms. The van der Waals surface area contributed by atoms with Crippen LogP contribution in [0, 0.1) is 6.92 Å². The van der Waals surface area contributed by atoms with E-state index >= 15 is 0 Å². The van der Waals surface area contributed by atoms with Gasteiger partial charge in [-0.15, -0.1) is 0 Å². The third kappa shape index (κ3) is 2.40. The highest BCUT2D eigenvalue weighted by molar-refractivity contribution is 7.85. The first-order valence-corrected chi connectivity index (χ1v) is 5.54. The number of rotatable bonds is 3. The zero-order valence-corrected chi connectivity index (χ0v) is 9.46. The molecular formula is C9H12O5S. The first kappa shape index (κ1) is 11.8. The Hall–Kier alpha value is -1.27. The summed E-state index contributed by atoms with van der Waals surface area (Å²) < 4.78 is 40.8. The number of ether oxygens (including phenoxy) is 2. The number of benzene rings is 1. The van der Waals surface area contributed by atoms with Crippen LogP contribution in [-0.2, 0) is 10.1 Å². The number of methoxy groups -OCH3 is 2. The average molecular weight is 232 g/mol. The lowest BCUT2D eigenvalue weighted by atomic mass is 10.2. The second kappa shape index (κ2) is 4.08. The van der Waals surface area contributed by atoms with Gasteiger partial charge in [0, 0.05) is 6.07 Å². The van der Waals surface area contributed by atoms with E-state index < -0.39 is 10.1 Å². The van der Waals surface area contributed by atoms with Crippen molar-refractivity contribution < 1.29 is 22.4 Å². The molecule has 0 aliphatic rings. The standard InChI is InChI=1S/C9H12O5S/c1-6-4-7(13-2)8(14-3)5-9(6)15(10,11)12/h4-5H,1-3H3,(H,10,11,12). The minimum absolute atomic E-state index is 0.180. The monoisotopic (exact) mass is 232 g/mol. The molecule has 0 fully saturated rings. The van der Waals surface area contributed by atoms with E-state index in [4.69, 9.17) is 14.0 Å². The van der Waals surface area contributed by atoms with Gasteiger partial charge < -0.3 is 9.47 Å². The first-order valence-electron chi connectivity index (χ1n) is 4.10. The molecule has 0 bridgehead atoms. The average Bonchev–Trinajstić information content (AvgIpc) is 2.15. The van der Waals surface area contributed by atoms with Gasteiger partial charge in [-0.1, -0.05) is 0 Å². The van der Waals surface area contributed by atoms with Crippen LogP contribution in [0.2, 0.25) is 0 Å². The van der Waals surface area contributed by atoms with Crippen LogP contribution in [0.25, 0.3) is 0 Å². The van der Waals surface area contributed by atoms with Gasteiger partial charge in [-0.3, -0.25) is 4.55 Å². The molecule has 0 heterocycles. The Kier molecular flexibility index (Phi) is 3.21. The van der Waals surface area contributed by atoms with Crippen LogP contribution in [0.15, 0.2) is 17.0 Å². The van der Waals surface area contributed by atoms with Crippen molar-refractivity contribution in [2.75, 3.05) is 14.2 Å². The SMILES string of the molecule is COc1cc(C)c(S(=O)(=O)O)cc1OC. The fourth-order valence-electron chi connectivity index (χ4n) is 1.24. The van der Waals surface area contributed by atoms with Crippen molar-refractivity contribution in [3.8, 4) is 11.5 Å². The molecule has 0 saturated heterocycles. The highest BCUT2D eigenvalue weighted by Gasteiger charge is 2.17. The van der Waals surface area contributed by atoms with E-state index in [1.165, 1.54) is 26.4 Å². The van der Waals surface area contributed by atoms with E-state index in [-0.39, 0.29) is 10.6 Å². The lowest BCUT2D eigenvalue weighted by Gasteiger charge is -2.10. The van der Waals surface area contributed by atoms with Gasteiger partial charge in [0.1, 0.15) is 4.90 Å². The molecule has 1 N–H and O–H groups in total. The van der Waals surface area contributed by atoms with Crippen LogP contribution in [-0.4, -0.2) is 27.2 Å². The lowest BCUT2D eigenvalue weighted by Crippen LogP contribution is -2.02. The quantitative estimate of drug-likeness (QED) is 0.794. The van der Waals surface area contributed by atoms with Crippen LogP contribution in [0.5, 0.6) is 11.5 Å². The summed E-state index contributed by atoms with van der Waals surface area (Å²) in [7, 11) is -1.39. The van der Waals surface area contributed by atoms with Gasteiger partial charge in [0.2, 0.25) is 0 Å². The first-order chi connectivity index (χ1) is 6.90. The van der Waals surface area contributed by atoms with Crippen molar-refractivity contribution in [3.63, 3.8) is 0 Å². The molecule has 84 valence electrons. The van der Waals surface area contributed by atoms with Gasteiger partial charge in [-0.2, -0.15) is 8.42 Å². The second-order valence-electron chi connectivity index (χ2n) is 2.95. The smallest absolute Gasteiger partial charge is 0.294 e. The number of aryl methyl sites for hydroxylation is 1. The molecular weight excluding hydrogens is 220 g/mol. The summed E-state index contributed by atoms with van der Waals surface area (Å²) in [6.45, 7) is 1.56. The van der Waals surface area contributed by atoms with E-state index in [2.05, 4.69) is 0 Å². The van der Waals surface area contributed by atoms with Crippen molar-refractivity contribution >= 4 is 10.1 Å². The third-order valence-electron chi connectivity index (χ3n) is 1.96. The molecule has 1 aromatic rings. The molecule has 0 aliphatic carbocycles. The summed E-state index contributed by atoms with van der Waals surface area (Å²) >= 11 is 0. The highest BCUT2D eigenvalue weighted by atomic mass is 32.2. The highest BCUT2D eigenvalue weighted by Crippen LogP contribution is 2.32. The molecule has 0 saturated carbocycles. The Balaban J connectivity index is 3.46. The van der Waals surface area contributed by atoms with Gasteiger partial charge in [-0.25, -0.2) is 0 Å². The minimum Gasteiger partial charge on any atom is -0.493 e. The Morgan fingerprint density at radius 2 is 1.60 bits per heavy atom. The Bertz CT molecular complexity index is 464. The van der Waals surface area contributed by atoms with Crippen molar-refractivity contribution in [1.82, 2.24) is 0 Å². The van der Waals surface area contributed by atoms with Crippen LogP contribution in [0.3, 0.4) is 0 Å². The van der Waals surface area contributed by atoms with E-state index in [0.29, 0.717) is 11.3 Å². The maximum absolute atomic E-state index is 11.0. The third-order valence-corrected chi connectivity index (χ3v) is 2.95. The van der Waals surface area contributed by atoms with Crippen molar-refractivity contribution in [1.29, 1.82) is 0 Å². The molecule has 0 spiro atoms. The summed E-state index contributed by atoms with van der Waals surface area (Å²) in [6, 6.07) is 2.71. The van der Waals surface area contributed by atoms with Crippen LogP contribution in [0.1, 0.15) is 5.56 Å². The van der Waals surface area contributed by atoms with Gasteiger partial charge in [-0.05, 0) is 18.6 Å². The predicted molar refractivity (Wildman–Crippen MR) is 54.1 cm³/mol. The molecule has 0 unspecified atom stereocenters. The van der Waals surface area contributed by atoms with Gasteiger partial charge in [0.15, 0.2) is 11.5 Å². The van der Waals surface area contributed by atoms with Gasteiger partial charge in [0.05, 0.1) is 14.2 Å². The normalized spacial score (nSPS) is 11.2. The fourth-order valence-corrected chi connectivity index (χ4v) is 1.96. The molecule has 0 aromatic heterocycles. The predicted octanol–water partition coefficient (Wildman–Crippen LogP) is 1.26. The van der Waals surface area contributed by atoms with E-state index in [0.717, 1.165) is 0 Å². The number of hydrogen-bond acceptors (Lipinski definition) is 4. The zero-order valence-electron chi connectivity index (χ0n) is 8.64. The summed E-state index contributed by atoms with van der Waals surface area (Å²) in [5.41, 5.74) is 0.398. The van der Waals surface area contributed by atoms with Crippen LogP contribution in [0.4, 0.5) is 0 Å². The van der Waals surface area contributed by atoms with E-state index in [1.807, 2.05) is 0 Å². The molecule has 5 nitrogen and oxygen atoms in total. The largest absolute Gasteiger partial charge is 0.493 e. The topological polar surface area (TPSA) is 72.8 Å². The second-order valence-corrected chi connectivity index (χ2v) is 4.34. The van der Waals surface area contributed by atoms with E-state index in [9.17, 15) is 8.42 Å². The number of hydrogen-bond donors (Lipinski definition) is 1. The maximum Gasteiger partial charge on any atom is 0.294 e. The summed E-state index contributed by atoms with van der Waals surface area (Å²) in [5.74, 6) is 0.679. The van der Waals surface area contributed by atoms with Crippen LogP contribution >= 0.6 is 0 Å². The molecule has 15 heavy (non-hydrogen) atoms. The molecule has 1 aromatic carbocycles. The summed E-state index contributed by atoms with van der Waals surface area (Å²) in [6.07, 6.45) is 0. The van der Waals surface area contributed by atoms with Crippen LogP contribution < -0.4 is 9.47 Å². The zero-order chi connectivity index (χ0) is 11.6. The lowest BCUT2D eigenvalue weighted by molar-refractivity contribution is 0.353. The van der Waals surface area contributed by atoms with Crippen molar-refractivity contribution in [2.45, 2.75) is 11.8 Å². The van der Waals surface area contributed by atoms with E-state index in [1.54, 1.807) is 6.92 Å². The Morgan fingerprint density at radius 3 is 2.00 bits per heavy atom. The van der Waals surface area contributed by atoms with Gasteiger partial charge >= 0.3 is 0 Å². The van der Waals surface area contributed by atoms with Crippen molar-refractivity contribution in [3.05, 3.63) is 17.7 Å². The molecule has 1 rings (SSSR count). The Morgan fingerprint density at radius 1 is 1.13 bits per heavy atom. The van der Waals surface area contributed by atoms with Crippen molar-refractivity contribution in [2.24, 2.45) is 0 Å². The fraction of sp³-hybridized carbons (Fsp3) is 0.333. The van der Waals surface area contributed by atoms with Gasteiger partial charge in [0.25, 0.3) is 10.1 Å². The molecule has 0 aliphatic heterocycles. The molecule has 0 atom stereocenters. The summed E-state index contributed by atoms with van der Waals surface area (Å²) in [5, 5.41) is 0. The Labute approximate surface area is 88.4 Å². The maximum atomic E-state index is 11.0. The molecule has 0 amide bonds. The summed E-state index contributed by atoms with van der Waals surface area (Å²) in [4.78, 5) is -0.180. The minimum atomic E-state index is -4.23.